The summed E-state index contributed by atoms with van der Waals surface area (Å²) in [5, 5.41) is 15.5. The number of benzene rings is 3. The highest BCUT2D eigenvalue weighted by Crippen LogP contribution is 2.29. The van der Waals surface area contributed by atoms with Crippen molar-refractivity contribution in [2.75, 3.05) is 19.5 Å². The van der Waals surface area contributed by atoms with Gasteiger partial charge in [0, 0.05) is 18.0 Å². The van der Waals surface area contributed by atoms with Gasteiger partial charge in [-0.25, -0.2) is 0 Å². The van der Waals surface area contributed by atoms with Crippen LogP contribution in [0.1, 0.15) is 17.2 Å². The van der Waals surface area contributed by atoms with E-state index in [4.69, 9.17) is 9.47 Å². The van der Waals surface area contributed by atoms with Crippen LogP contribution in [0, 0.1) is 11.3 Å². The van der Waals surface area contributed by atoms with E-state index in [9.17, 15) is 10.1 Å². The third kappa shape index (κ3) is 5.43. The predicted octanol–water partition coefficient (Wildman–Crippen LogP) is 4.43. The van der Waals surface area contributed by atoms with Crippen molar-refractivity contribution >= 4 is 11.6 Å². The molecule has 3 aromatic rings. The van der Waals surface area contributed by atoms with E-state index in [0.717, 1.165) is 11.1 Å². The number of anilines is 1. The smallest absolute Gasteiger partial charge is 0.264 e. The van der Waals surface area contributed by atoms with E-state index >= 15 is 0 Å². The monoisotopic (exact) mass is 413 g/mol. The molecule has 0 radical (unpaired) electrons. The van der Waals surface area contributed by atoms with Crippen molar-refractivity contribution in [3.8, 4) is 17.6 Å². The average Bonchev–Trinajstić information content (AvgIpc) is 2.83. The molecule has 0 aliphatic rings. The lowest BCUT2D eigenvalue weighted by molar-refractivity contribution is -0.117. The first kappa shape index (κ1) is 21.5. The fourth-order valence-electron chi connectivity index (χ4n) is 3.09. The lowest BCUT2D eigenvalue weighted by Gasteiger charge is -2.19. The summed E-state index contributed by atoms with van der Waals surface area (Å²) in [4.78, 5) is 12.9. The highest BCUT2D eigenvalue weighted by molar-refractivity contribution is 5.98. The maximum atomic E-state index is 12.9. The molecule has 3 aromatic carbocycles. The number of nitriles is 1. The van der Waals surface area contributed by atoms with Crippen LogP contribution >= 0.6 is 0 Å². The number of hydrogen-bond acceptors (Lipinski definition) is 5. The first-order chi connectivity index (χ1) is 15.2. The lowest BCUT2D eigenvalue weighted by atomic mass is 9.98. The molecule has 0 aliphatic heterocycles. The van der Waals surface area contributed by atoms with Gasteiger partial charge in [0.25, 0.3) is 5.91 Å². The molecule has 6 heteroatoms. The second-order valence-electron chi connectivity index (χ2n) is 6.61. The SMILES string of the molecule is COc1ccc(N/C=C(/C#N)C(=O)NC(c2ccccc2)c2ccccc2)cc1OC. The minimum atomic E-state index is -0.479. The number of carbonyl (C=O) groups is 1. The van der Waals surface area contributed by atoms with Crippen LogP contribution in [0.25, 0.3) is 0 Å². The number of amides is 1. The molecule has 2 N–H and O–H groups in total. The molecular formula is C25H23N3O3. The third-order valence-electron chi connectivity index (χ3n) is 4.67. The van der Waals surface area contributed by atoms with Crippen molar-refractivity contribution in [3.05, 3.63) is 102 Å². The Kier molecular flexibility index (Phi) is 7.28. The van der Waals surface area contributed by atoms with Crippen molar-refractivity contribution in [1.29, 1.82) is 5.26 Å². The molecule has 0 unspecified atom stereocenters. The first-order valence-corrected chi connectivity index (χ1v) is 9.66. The molecule has 156 valence electrons. The Bertz CT molecular complexity index is 1050. The van der Waals surface area contributed by atoms with Gasteiger partial charge in [0.15, 0.2) is 11.5 Å². The Morgan fingerprint density at radius 2 is 1.48 bits per heavy atom. The minimum Gasteiger partial charge on any atom is -0.493 e. The topological polar surface area (TPSA) is 83.4 Å². The molecule has 0 saturated carbocycles. The van der Waals surface area contributed by atoms with Crippen molar-refractivity contribution in [2.24, 2.45) is 0 Å². The first-order valence-electron chi connectivity index (χ1n) is 9.66. The number of rotatable bonds is 8. The Hall–Kier alpha value is -4.24. The lowest BCUT2D eigenvalue weighted by Crippen LogP contribution is -2.30. The summed E-state index contributed by atoms with van der Waals surface area (Å²) in [6.07, 6.45) is 1.38. The molecule has 3 rings (SSSR count). The van der Waals surface area contributed by atoms with Crippen molar-refractivity contribution in [3.63, 3.8) is 0 Å². The molecule has 6 nitrogen and oxygen atoms in total. The van der Waals surface area contributed by atoms with Crippen molar-refractivity contribution < 1.29 is 14.3 Å². The number of nitrogens with one attached hydrogen (secondary N) is 2. The molecule has 0 bridgehead atoms. The minimum absolute atomic E-state index is 0.0494. The maximum absolute atomic E-state index is 12.9. The maximum Gasteiger partial charge on any atom is 0.264 e. The van der Waals surface area contributed by atoms with Crippen LogP contribution in [0.15, 0.2) is 90.6 Å². The molecule has 1 amide bonds. The highest BCUT2D eigenvalue weighted by atomic mass is 16.5. The van der Waals surface area contributed by atoms with Gasteiger partial charge in [-0.15, -0.1) is 0 Å². The van der Waals surface area contributed by atoms with E-state index in [1.54, 1.807) is 32.4 Å². The van der Waals surface area contributed by atoms with Crippen LogP contribution in [0.5, 0.6) is 11.5 Å². The van der Waals surface area contributed by atoms with Crippen LogP contribution in [-0.4, -0.2) is 20.1 Å². The molecule has 0 spiro atoms. The van der Waals surface area contributed by atoms with Crippen LogP contribution in [-0.2, 0) is 4.79 Å². The van der Waals surface area contributed by atoms with Gasteiger partial charge < -0.3 is 20.1 Å². The van der Waals surface area contributed by atoms with Crippen LogP contribution in [0.3, 0.4) is 0 Å². The van der Waals surface area contributed by atoms with Crippen LogP contribution in [0.4, 0.5) is 5.69 Å². The summed E-state index contributed by atoms with van der Waals surface area (Å²) < 4.78 is 10.5. The molecule has 0 saturated heterocycles. The molecule has 0 atom stereocenters. The Morgan fingerprint density at radius 3 is 2.00 bits per heavy atom. The summed E-state index contributed by atoms with van der Waals surface area (Å²) in [6.45, 7) is 0. The van der Waals surface area contributed by atoms with Crippen LogP contribution in [0.2, 0.25) is 0 Å². The third-order valence-corrected chi connectivity index (χ3v) is 4.67. The predicted molar refractivity (Wildman–Crippen MR) is 120 cm³/mol. The second-order valence-corrected chi connectivity index (χ2v) is 6.61. The zero-order valence-corrected chi connectivity index (χ0v) is 17.3. The molecule has 0 heterocycles. The van der Waals surface area contributed by atoms with E-state index < -0.39 is 5.91 Å². The largest absolute Gasteiger partial charge is 0.493 e. The number of hydrogen-bond donors (Lipinski definition) is 2. The van der Waals surface area contributed by atoms with E-state index in [0.29, 0.717) is 17.2 Å². The average molecular weight is 413 g/mol. The van der Waals surface area contributed by atoms with Crippen molar-refractivity contribution in [1.82, 2.24) is 5.32 Å². The Balaban J connectivity index is 1.81. The van der Waals surface area contributed by atoms with Gasteiger partial charge in [-0.05, 0) is 23.3 Å². The fourth-order valence-corrected chi connectivity index (χ4v) is 3.09. The molecular weight excluding hydrogens is 390 g/mol. The fraction of sp³-hybridized carbons (Fsp3) is 0.120. The molecule has 0 fully saturated rings. The van der Waals surface area contributed by atoms with Gasteiger partial charge in [0.1, 0.15) is 11.6 Å². The summed E-state index contributed by atoms with van der Waals surface area (Å²) in [5.74, 6) is 0.647. The van der Waals surface area contributed by atoms with Gasteiger partial charge in [-0.1, -0.05) is 60.7 Å². The highest BCUT2D eigenvalue weighted by Gasteiger charge is 2.19. The van der Waals surface area contributed by atoms with Gasteiger partial charge >= 0.3 is 0 Å². The van der Waals surface area contributed by atoms with Gasteiger partial charge in [-0.2, -0.15) is 5.26 Å². The van der Waals surface area contributed by atoms with Gasteiger partial charge in [0.2, 0.25) is 0 Å². The number of nitrogens with zero attached hydrogens (tertiary/aromatic N) is 1. The number of ether oxygens (including phenoxy) is 2. The van der Waals surface area contributed by atoms with E-state index in [1.165, 1.54) is 6.20 Å². The molecule has 31 heavy (non-hydrogen) atoms. The van der Waals surface area contributed by atoms with E-state index in [2.05, 4.69) is 10.6 Å². The summed E-state index contributed by atoms with van der Waals surface area (Å²) in [7, 11) is 3.10. The van der Waals surface area contributed by atoms with E-state index in [-0.39, 0.29) is 11.6 Å². The van der Waals surface area contributed by atoms with Crippen molar-refractivity contribution in [2.45, 2.75) is 6.04 Å². The zero-order chi connectivity index (χ0) is 22.1. The Morgan fingerprint density at radius 1 is 0.903 bits per heavy atom. The Labute approximate surface area is 181 Å². The zero-order valence-electron chi connectivity index (χ0n) is 17.3. The summed E-state index contributed by atoms with van der Waals surface area (Å²) in [5.41, 5.74) is 2.45. The number of carbonyl (C=O) groups excluding carboxylic acids is 1. The van der Waals surface area contributed by atoms with Gasteiger partial charge in [-0.3, -0.25) is 4.79 Å². The standard InChI is InChI=1S/C25H23N3O3/c1-30-22-14-13-21(15-23(22)31-2)27-17-20(16-26)25(29)28-24(18-9-5-3-6-10-18)19-11-7-4-8-12-19/h3-15,17,24,27H,1-2H3,(H,28,29)/b20-17-. The second kappa shape index (κ2) is 10.5. The van der Waals surface area contributed by atoms with Gasteiger partial charge in [0.05, 0.1) is 20.3 Å². The summed E-state index contributed by atoms with van der Waals surface area (Å²) >= 11 is 0. The van der Waals surface area contributed by atoms with E-state index in [1.807, 2.05) is 66.7 Å². The quantitative estimate of drug-likeness (QED) is 0.422. The normalized spacial score (nSPS) is 10.8. The molecule has 0 aromatic heterocycles. The molecule has 0 aliphatic carbocycles. The van der Waals surface area contributed by atoms with Crippen LogP contribution < -0.4 is 20.1 Å². The number of methoxy groups -OCH3 is 2. The summed E-state index contributed by atoms with van der Waals surface area (Å²) in [6, 6.07) is 26.1.